The third-order valence-electron chi connectivity index (χ3n) is 2.14. The predicted molar refractivity (Wildman–Crippen MR) is 60.2 cm³/mol. The summed E-state index contributed by atoms with van der Waals surface area (Å²) in [6.07, 6.45) is 1.59. The molecule has 16 heavy (non-hydrogen) atoms. The van der Waals surface area contributed by atoms with Gasteiger partial charge in [0.25, 0.3) is 0 Å². The van der Waals surface area contributed by atoms with Crippen LogP contribution in [0.5, 0.6) is 0 Å². The second-order valence-corrected chi connectivity index (χ2v) is 3.74. The first-order chi connectivity index (χ1) is 7.57. The molecule has 5 heteroatoms. The molecule has 1 atom stereocenters. The molecule has 0 aromatic carbocycles. The van der Waals surface area contributed by atoms with Crippen LogP contribution in [0.25, 0.3) is 0 Å². The summed E-state index contributed by atoms with van der Waals surface area (Å²) in [4.78, 5) is 21.7. The van der Waals surface area contributed by atoms with E-state index in [1.807, 2.05) is 6.92 Å². The first-order valence-electron chi connectivity index (χ1n) is 5.65. The second kappa shape index (κ2) is 9.15. The van der Waals surface area contributed by atoms with Crippen LogP contribution in [0, 0.1) is 5.92 Å². The zero-order valence-electron chi connectivity index (χ0n) is 9.99. The average molecular weight is 231 g/mol. The Balaban J connectivity index is 3.41. The van der Waals surface area contributed by atoms with Gasteiger partial charge in [-0.15, -0.1) is 0 Å². The summed E-state index contributed by atoms with van der Waals surface area (Å²) in [5.41, 5.74) is 0. The van der Waals surface area contributed by atoms with E-state index in [9.17, 15) is 9.59 Å². The van der Waals surface area contributed by atoms with Gasteiger partial charge in [-0.05, 0) is 12.8 Å². The molecule has 0 rings (SSSR count). The van der Waals surface area contributed by atoms with Crippen LogP contribution >= 0.6 is 0 Å². The molecule has 5 nitrogen and oxygen atoms in total. The van der Waals surface area contributed by atoms with E-state index in [0.717, 1.165) is 6.42 Å². The van der Waals surface area contributed by atoms with E-state index in [2.05, 4.69) is 5.32 Å². The molecule has 0 saturated carbocycles. The number of carbonyl (C=O) groups excluding carboxylic acids is 1. The molecule has 0 fully saturated rings. The van der Waals surface area contributed by atoms with Crippen molar-refractivity contribution in [3.63, 3.8) is 0 Å². The number of carboxylic acids is 1. The molecular formula is C11H21NO4. The lowest BCUT2D eigenvalue weighted by molar-refractivity contribution is -0.141. The molecule has 0 aliphatic carbocycles. The molecule has 0 unspecified atom stereocenters. The zero-order chi connectivity index (χ0) is 12.4. The average Bonchev–Trinajstić information content (AvgIpc) is 2.25. The van der Waals surface area contributed by atoms with Gasteiger partial charge in [0.1, 0.15) is 0 Å². The molecule has 1 amide bonds. The Hall–Kier alpha value is -1.10. The maximum absolute atomic E-state index is 11.2. The molecule has 0 aliphatic heterocycles. The highest BCUT2D eigenvalue weighted by molar-refractivity contribution is 5.77. The fourth-order valence-corrected chi connectivity index (χ4v) is 1.07. The lowest BCUT2D eigenvalue weighted by Crippen LogP contribution is -2.28. The van der Waals surface area contributed by atoms with Crippen LogP contribution in [0.1, 0.15) is 33.1 Å². The minimum Gasteiger partial charge on any atom is -0.481 e. The minimum absolute atomic E-state index is 0.117. The second-order valence-electron chi connectivity index (χ2n) is 3.74. The van der Waals surface area contributed by atoms with Crippen LogP contribution in [-0.4, -0.2) is 36.7 Å². The highest BCUT2D eigenvalue weighted by Crippen LogP contribution is 2.04. The summed E-state index contributed by atoms with van der Waals surface area (Å²) >= 11 is 0. The number of aliphatic carboxylic acids is 1. The van der Waals surface area contributed by atoms with Gasteiger partial charge in [0.15, 0.2) is 0 Å². The maximum atomic E-state index is 11.2. The van der Waals surface area contributed by atoms with Crippen LogP contribution in [0.2, 0.25) is 0 Å². The van der Waals surface area contributed by atoms with E-state index in [1.165, 1.54) is 0 Å². The molecule has 2 N–H and O–H groups in total. The number of rotatable bonds is 9. The van der Waals surface area contributed by atoms with Gasteiger partial charge in [-0.2, -0.15) is 0 Å². The van der Waals surface area contributed by atoms with Crippen molar-refractivity contribution in [3.8, 4) is 0 Å². The number of nitrogens with one attached hydrogen (secondary N) is 1. The largest absolute Gasteiger partial charge is 0.481 e. The smallest absolute Gasteiger partial charge is 0.306 e. The normalized spacial score (nSPS) is 12.1. The predicted octanol–water partition coefficient (Wildman–Crippen LogP) is 1.03. The van der Waals surface area contributed by atoms with Gasteiger partial charge in [-0.3, -0.25) is 9.59 Å². The summed E-state index contributed by atoms with van der Waals surface area (Å²) in [5, 5.41) is 11.3. The van der Waals surface area contributed by atoms with E-state index < -0.39 is 11.9 Å². The van der Waals surface area contributed by atoms with Crippen LogP contribution in [0.15, 0.2) is 0 Å². The Labute approximate surface area is 96.2 Å². The number of hydrogen-bond acceptors (Lipinski definition) is 3. The first-order valence-corrected chi connectivity index (χ1v) is 5.65. The Morgan fingerprint density at radius 2 is 2.06 bits per heavy atom. The molecule has 0 radical (unpaired) electrons. The van der Waals surface area contributed by atoms with Crippen molar-refractivity contribution in [2.45, 2.75) is 33.1 Å². The van der Waals surface area contributed by atoms with Crippen LogP contribution < -0.4 is 5.32 Å². The van der Waals surface area contributed by atoms with Gasteiger partial charge >= 0.3 is 5.97 Å². The van der Waals surface area contributed by atoms with Crippen molar-refractivity contribution >= 4 is 11.9 Å². The third kappa shape index (κ3) is 8.23. The van der Waals surface area contributed by atoms with Crippen molar-refractivity contribution in [2.24, 2.45) is 5.92 Å². The van der Waals surface area contributed by atoms with Crippen molar-refractivity contribution < 1.29 is 19.4 Å². The molecule has 0 heterocycles. The van der Waals surface area contributed by atoms with Gasteiger partial charge in [-0.25, -0.2) is 0 Å². The molecular weight excluding hydrogens is 210 g/mol. The Morgan fingerprint density at radius 3 is 2.62 bits per heavy atom. The summed E-state index contributed by atoms with van der Waals surface area (Å²) in [5.74, 6) is -1.45. The van der Waals surface area contributed by atoms with Gasteiger partial charge < -0.3 is 15.2 Å². The van der Waals surface area contributed by atoms with Gasteiger partial charge in [0, 0.05) is 19.6 Å². The summed E-state index contributed by atoms with van der Waals surface area (Å²) in [6.45, 7) is 5.31. The number of ether oxygens (including phenoxy) is 1. The lowest BCUT2D eigenvalue weighted by Gasteiger charge is -2.07. The fourth-order valence-electron chi connectivity index (χ4n) is 1.07. The SMILES string of the molecule is CCCOCCNC(=O)CC[C@H](C)C(=O)O. The van der Waals surface area contributed by atoms with E-state index in [0.29, 0.717) is 26.2 Å². The van der Waals surface area contributed by atoms with Gasteiger partial charge in [0.2, 0.25) is 5.91 Å². The quantitative estimate of drug-likeness (QED) is 0.581. The van der Waals surface area contributed by atoms with Crippen molar-refractivity contribution in [3.05, 3.63) is 0 Å². The topological polar surface area (TPSA) is 75.6 Å². The highest BCUT2D eigenvalue weighted by atomic mass is 16.5. The van der Waals surface area contributed by atoms with Crippen molar-refractivity contribution in [2.75, 3.05) is 19.8 Å². The van der Waals surface area contributed by atoms with E-state index in [4.69, 9.17) is 9.84 Å². The van der Waals surface area contributed by atoms with Crippen molar-refractivity contribution in [1.29, 1.82) is 0 Å². The minimum atomic E-state index is -0.862. The first kappa shape index (κ1) is 14.9. The fraction of sp³-hybridized carbons (Fsp3) is 0.818. The van der Waals surface area contributed by atoms with Crippen LogP contribution in [0.3, 0.4) is 0 Å². The number of carboxylic acid groups (broad SMARTS) is 1. The molecule has 0 bridgehead atoms. The third-order valence-corrected chi connectivity index (χ3v) is 2.14. The number of hydrogen-bond donors (Lipinski definition) is 2. The van der Waals surface area contributed by atoms with E-state index >= 15 is 0 Å². The summed E-state index contributed by atoms with van der Waals surface area (Å²) in [6, 6.07) is 0. The number of carbonyl (C=O) groups is 2. The highest BCUT2D eigenvalue weighted by Gasteiger charge is 2.12. The molecule has 0 saturated heterocycles. The molecule has 0 aromatic rings. The van der Waals surface area contributed by atoms with E-state index in [1.54, 1.807) is 6.92 Å². The zero-order valence-corrected chi connectivity index (χ0v) is 9.99. The van der Waals surface area contributed by atoms with Crippen molar-refractivity contribution in [1.82, 2.24) is 5.32 Å². The Kier molecular flexibility index (Phi) is 8.52. The van der Waals surface area contributed by atoms with Gasteiger partial charge in [0.05, 0.1) is 12.5 Å². The summed E-state index contributed by atoms with van der Waals surface area (Å²) in [7, 11) is 0. The molecule has 0 spiro atoms. The Morgan fingerprint density at radius 1 is 1.38 bits per heavy atom. The van der Waals surface area contributed by atoms with E-state index in [-0.39, 0.29) is 12.3 Å². The molecule has 0 aliphatic rings. The molecule has 94 valence electrons. The van der Waals surface area contributed by atoms with Gasteiger partial charge in [-0.1, -0.05) is 13.8 Å². The Bertz CT molecular complexity index is 218. The standard InChI is InChI=1S/C11H21NO4/c1-3-7-16-8-6-12-10(13)5-4-9(2)11(14)15/h9H,3-8H2,1-2H3,(H,12,13)(H,14,15)/t9-/m0/s1. The number of amides is 1. The monoisotopic (exact) mass is 231 g/mol. The molecule has 0 aromatic heterocycles. The van der Waals surface area contributed by atoms with Crippen LogP contribution in [-0.2, 0) is 14.3 Å². The summed E-state index contributed by atoms with van der Waals surface area (Å²) < 4.78 is 5.19. The van der Waals surface area contributed by atoms with Crippen LogP contribution in [0.4, 0.5) is 0 Å². The maximum Gasteiger partial charge on any atom is 0.306 e. The lowest BCUT2D eigenvalue weighted by atomic mass is 10.1.